The molecule has 0 unspecified atom stereocenters. The number of ether oxygens (including phenoxy) is 4. The summed E-state index contributed by atoms with van der Waals surface area (Å²) in [5, 5.41) is 13.8. The van der Waals surface area contributed by atoms with E-state index in [1.807, 2.05) is 36.4 Å². The molecule has 8 nitrogen and oxygen atoms in total. The van der Waals surface area contributed by atoms with Crippen LogP contribution in [0, 0.1) is 0 Å². The summed E-state index contributed by atoms with van der Waals surface area (Å²) in [7, 11) is 1.64. The van der Waals surface area contributed by atoms with E-state index in [1.54, 1.807) is 17.7 Å². The number of benzene rings is 2. The summed E-state index contributed by atoms with van der Waals surface area (Å²) in [6, 6.07) is 13.2. The third-order valence-corrected chi connectivity index (χ3v) is 5.03. The molecule has 0 aliphatic carbocycles. The Morgan fingerprint density at radius 1 is 1.07 bits per heavy atom. The maximum absolute atomic E-state index is 5.82. The van der Waals surface area contributed by atoms with Crippen molar-refractivity contribution in [3.05, 3.63) is 48.3 Å². The molecule has 3 heterocycles. The molecule has 0 N–H and O–H groups in total. The number of aromatic nitrogens is 4. The lowest BCUT2D eigenvalue weighted by atomic mass is 10.2. The van der Waals surface area contributed by atoms with E-state index in [2.05, 4.69) is 15.3 Å². The largest absolute Gasteiger partial charge is 0.497 e. The van der Waals surface area contributed by atoms with Gasteiger partial charge in [-0.15, -0.1) is 10.2 Å². The van der Waals surface area contributed by atoms with E-state index in [0.29, 0.717) is 22.3 Å². The Kier molecular flexibility index (Phi) is 3.79. The van der Waals surface area contributed by atoms with E-state index < -0.39 is 0 Å². The fourth-order valence-corrected chi connectivity index (χ4v) is 3.59. The fraction of sp³-hybridized carbons (Fsp3) is 0.167. The first-order valence-corrected chi connectivity index (χ1v) is 9.00. The van der Waals surface area contributed by atoms with Crippen LogP contribution in [0.5, 0.6) is 23.0 Å². The lowest BCUT2D eigenvalue weighted by Gasteiger charge is -2.05. The van der Waals surface area contributed by atoms with Crippen molar-refractivity contribution in [2.45, 2.75) is 6.61 Å². The first-order valence-electron chi connectivity index (χ1n) is 8.18. The summed E-state index contributed by atoms with van der Waals surface area (Å²) >= 11 is 1.46. The molecule has 0 saturated carbocycles. The molecule has 4 aromatic rings. The van der Waals surface area contributed by atoms with Crippen LogP contribution in [0.1, 0.15) is 5.82 Å². The molecule has 0 atom stereocenters. The Morgan fingerprint density at radius 3 is 2.93 bits per heavy atom. The highest BCUT2D eigenvalue weighted by molar-refractivity contribution is 7.19. The van der Waals surface area contributed by atoms with E-state index in [0.717, 1.165) is 22.1 Å². The smallest absolute Gasteiger partial charge is 0.235 e. The van der Waals surface area contributed by atoms with Gasteiger partial charge in [0.05, 0.1) is 7.11 Å². The molecular formula is C18H14N4O4S. The lowest BCUT2D eigenvalue weighted by Crippen LogP contribution is -2.02. The highest BCUT2D eigenvalue weighted by Gasteiger charge is 2.16. The minimum atomic E-state index is 0.232. The van der Waals surface area contributed by atoms with Crippen LogP contribution in [-0.4, -0.2) is 33.7 Å². The second kappa shape index (κ2) is 6.44. The summed E-state index contributed by atoms with van der Waals surface area (Å²) in [5.74, 6) is 3.46. The first kappa shape index (κ1) is 15.9. The zero-order chi connectivity index (χ0) is 18.2. The molecule has 9 heteroatoms. The molecule has 0 saturated heterocycles. The predicted octanol–water partition coefficient (Wildman–Crippen LogP) is 3.17. The molecule has 5 rings (SSSR count). The second-order valence-electron chi connectivity index (χ2n) is 5.75. The fourth-order valence-electron chi connectivity index (χ4n) is 2.73. The average molecular weight is 382 g/mol. The van der Waals surface area contributed by atoms with Gasteiger partial charge in [0.15, 0.2) is 17.3 Å². The van der Waals surface area contributed by atoms with Crippen LogP contribution in [0.3, 0.4) is 0 Å². The van der Waals surface area contributed by atoms with Crippen molar-refractivity contribution in [2.75, 3.05) is 13.9 Å². The first-order chi connectivity index (χ1) is 13.3. The minimum absolute atomic E-state index is 0.232. The zero-order valence-corrected chi connectivity index (χ0v) is 15.1. The Morgan fingerprint density at radius 2 is 2.00 bits per heavy atom. The van der Waals surface area contributed by atoms with Crippen LogP contribution < -0.4 is 18.9 Å². The molecule has 1 aliphatic heterocycles. The standard InChI is InChI=1S/C18H14N4O4S/c1-23-12-4-2-3-11(7-12)17-21-22-16(19-20-18(22)27-17)9-24-13-5-6-14-15(8-13)26-10-25-14/h2-8H,9-10H2,1H3. The zero-order valence-electron chi connectivity index (χ0n) is 14.3. The van der Waals surface area contributed by atoms with Gasteiger partial charge in [0.25, 0.3) is 0 Å². The molecule has 0 fully saturated rings. The van der Waals surface area contributed by atoms with Crippen molar-refractivity contribution in [3.63, 3.8) is 0 Å². The monoisotopic (exact) mass is 382 g/mol. The van der Waals surface area contributed by atoms with E-state index in [1.165, 1.54) is 11.3 Å². The van der Waals surface area contributed by atoms with Crippen LogP contribution in [0.4, 0.5) is 0 Å². The number of hydrogen-bond acceptors (Lipinski definition) is 8. The second-order valence-corrected chi connectivity index (χ2v) is 6.71. The molecule has 0 spiro atoms. The maximum Gasteiger partial charge on any atom is 0.235 e. The molecular weight excluding hydrogens is 368 g/mol. The summed E-state index contributed by atoms with van der Waals surface area (Å²) in [6.07, 6.45) is 0. The molecule has 2 aromatic carbocycles. The third kappa shape index (κ3) is 2.91. The Hall–Kier alpha value is -3.33. The van der Waals surface area contributed by atoms with Gasteiger partial charge in [0.2, 0.25) is 11.8 Å². The van der Waals surface area contributed by atoms with Crippen LogP contribution in [0.15, 0.2) is 42.5 Å². The SMILES string of the molecule is COc1cccc(-c2nn3c(COc4ccc5c(c4)OCO5)nnc3s2)c1. The van der Waals surface area contributed by atoms with Crippen LogP contribution in [-0.2, 0) is 6.61 Å². The minimum Gasteiger partial charge on any atom is -0.497 e. The highest BCUT2D eigenvalue weighted by atomic mass is 32.1. The van der Waals surface area contributed by atoms with Crippen molar-refractivity contribution in [3.8, 4) is 33.6 Å². The van der Waals surface area contributed by atoms with Crippen molar-refractivity contribution in [1.29, 1.82) is 0 Å². The predicted molar refractivity (Wildman–Crippen MR) is 97.5 cm³/mol. The topological polar surface area (TPSA) is 80.0 Å². The summed E-state index contributed by atoms with van der Waals surface area (Å²) in [4.78, 5) is 0.706. The van der Waals surface area contributed by atoms with Gasteiger partial charge in [-0.25, -0.2) is 0 Å². The molecule has 27 heavy (non-hydrogen) atoms. The van der Waals surface area contributed by atoms with Gasteiger partial charge >= 0.3 is 0 Å². The highest BCUT2D eigenvalue weighted by Crippen LogP contribution is 2.35. The number of fused-ring (bicyclic) bond motifs is 2. The normalized spacial score (nSPS) is 12.5. The van der Waals surface area contributed by atoms with Crippen molar-refractivity contribution < 1.29 is 18.9 Å². The van der Waals surface area contributed by atoms with E-state index in [4.69, 9.17) is 18.9 Å². The average Bonchev–Trinajstić information content (AvgIpc) is 3.42. The van der Waals surface area contributed by atoms with Crippen LogP contribution in [0.25, 0.3) is 15.5 Å². The molecule has 0 amide bonds. The Bertz CT molecular complexity index is 1120. The van der Waals surface area contributed by atoms with Gasteiger partial charge in [-0.2, -0.15) is 9.61 Å². The number of nitrogens with zero attached hydrogens (tertiary/aromatic N) is 4. The number of hydrogen-bond donors (Lipinski definition) is 0. The molecule has 136 valence electrons. The quantitative estimate of drug-likeness (QED) is 0.524. The van der Waals surface area contributed by atoms with Crippen molar-refractivity contribution >= 4 is 16.3 Å². The van der Waals surface area contributed by atoms with Crippen molar-refractivity contribution in [1.82, 2.24) is 19.8 Å². The summed E-state index contributed by atoms with van der Waals surface area (Å²) < 4.78 is 23.5. The van der Waals surface area contributed by atoms with Crippen LogP contribution in [0.2, 0.25) is 0 Å². The van der Waals surface area contributed by atoms with Gasteiger partial charge in [0, 0.05) is 11.6 Å². The van der Waals surface area contributed by atoms with E-state index >= 15 is 0 Å². The van der Waals surface area contributed by atoms with Gasteiger partial charge in [-0.05, 0) is 24.3 Å². The lowest BCUT2D eigenvalue weighted by molar-refractivity contribution is 0.173. The van der Waals surface area contributed by atoms with Crippen molar-refractivity contribution in [2.24, 2.45) is 0 Å². The number of methoxy groups -OCH3 is 1. The molecule has 0 bridgehead atoms. The Balaban J connectivity index is 1.38. The summed E-state index contributed by atoms with van der Waals surface area (Å²) in [6.45, 7) is 0.470. The van der Waals surface area contributed by atoms with Crippen LogP contribution >= 0.6 is 11.3 Å². The molecule has 2 aromatic heterocycles. The molecule has 0 radical (unpaired) electrons. The number of rotatable bonds is 5. The van der Waals surface area contributed by atoms with Gasteiger partial charge in [-0.3, -0.25) is 0 Å². The van der Waals surface area contributed by atoms with Gasteiger partial charge in [0.1, 0.15) is 23.1 Å². The van der Waals surface area contributed by atoms with E-state index in [-0.39, 0.29) is 13.4 Å². The Labute approximate surface area is 157 Å². The van der Waals surface area contributed by atoms with E-state index in [9.17, 15) is 0 Å². The van der Waals surface area contributed by atoms with Gasteiger partial charge < -0.3 is 18.9 Å². The third-order valence-electron chi connectivity index (χ3n) is 4.08. The van der Waals surface area contributed by atoms with Gasteiger partial charge in [-0.1, -0.05) is 23.5 Å². The summed E-state index contributed by atoms with van der Waals surface area (Å²) in [5.41, 5.74) is 0.965. The maximum atomic E-state index is 5.82. The molecule has 1 aliphatic rings.